The van der Waals surface area contributed by atoms with Crippen molar-refractivity contribution in [1.29, 1.82) is 0 Å². The highest BCUT2D eigenvalue weighted by Gasteiger charge is 2.24. The highest BCUT2D eigenvalue weighted by molar-refractivity contribution is 7.18. The van der Waals surface area contributed by atoms with Gasteiger partial charge in [-0.05, 0) is 56.7 Å². The molecule has 2 aliphatic rings. The monoisotopic (exact) mass is 412 g/mol. The van der Waals surface area contributed by atoms with Gasteiger partial charge in [0.05, 0.1) is 11.9 Å². The molecule has 8 heteroatoms. The van der Waals surface area contributed by atoms with Crippen LogP contribution in [0.5, 0.6) is 0 Å². The fourth-order valence-electron chi connectivity index (χ4n) is 4.38. The molecule has 2 N–H and O–H groups in total. The second-order valence-electron chi connectivity index (χ2n) is 7.98. The van der Waals surface area contributed by atoms with Gasteiger partial charge in [0.25, 0.3) is 11.5 Å². The Kier molecular flexibility index (Phi) is 4.75. The summed E-state index contributed by atoms with van der Waals surface area (Å²) < 4.78 is 5.39. The Morgan fingerprint density at radius 3 is 2.93 bits per heavy atom. The molecule has 0 aromatic carbocycles. The number of piperidine rings is 1. The number of nitrogens with zero attached hydrogens (tertiary/aromatic N) is 2. The number of hydrogen-bond acceptors (Lipinski definition) is 6. The molecule has 5 rings (SSSR count). The molecule has 1 saturated heterocycles. The lowest BCUT2D eigenvalue weighted by molar-refractivity contribution is 0.0879. The summed E-state index contributed by atoms with van der Waals surface area (Å²) in [5, 5.41) is 3.86. The zero-order valence-electron chi connectivity index (χ0n) is 16.4. The number of aryl methyl sites for hydroxylation is 3. The summed E-state index contributed by atoms with van der Waals surface area (Å²) in [5.74, 6) is 1.68. The molecule has 1 aliphatic carbocycles. The number of aromatic nitrogens is 2. The van der Waals surface area contributed by atoms with Gasteiger partial charge in [0.2, 0.25) is 0 Å². The summed E-state index contributed by atoms with van der Waals surface area (Å²) in [7, 11) is 0. The molecule has 0 saturated carbocycles. The number of likely N-dealkylation sites (tertiary alicyclic amines) is 1. The molecule has 29 heavy (non-hydrogen) atoms. The number of thiophene rings is 1. The van der Waals surface area contributed by atoms with E-state index in [0.717, 1.165) is 67.0 Å². The molecule has 7 nitrogen and oxygen atoms in total. The first-order valence-corrected chi connectivity index (χ1v) is 11.0. The van der Waals surface area contributed by atoms with Crippen LogP contribution in [-0.2, 0) is 19.4 Å². The molecule has 3 aromatic rings. The van der Waals surface area contributed by atoms with Gasteiger partial charge in [-0.25, -0.2) is 4.98 Å². The highest BCUT2D eigenvalue weighted by atomic mass is 32.1. The van der Waals surface area contributed by atoms with E-state index in [2.05, 4.69) is 15.2 Å². The highest BCUT2D eigenvalue weighted by Crippen LogP contribution is 2.34. The Bertz CT molecular complexity index is 1120. The van der Waals surface area contributed by atoms with Crippen molar-refractivity contribution in [3.8, 4) is 0 Å². The van der Waals surface area contributed by atoms with E-state index >= 15 is 0 Å². The topological polar surface area (TPSA) is 91.2 Å². The second-order valence-corrected chi connectivity index (χ2v) is 9.07. The van der Waals surface area contributed by atoms with Crippen molar-refractivity contribution in [3.05, 3.63) is 50.3 Å². The van der Waals surface area contributed by atoms with Gasteiger partial charge in [-0.3, -0.25) is 14.5 Å². The van der Waals surface area contributed by atoms with Crippen LogP contribution < -0.4 is 10.9 Å². The maximum absolute atomic E-state index is 12.6. The van der Waals surface area contributed by atoms with E-state index < -0.39 is 0 Å². The molecular formula is C21H24N4O3S. The summed E-state index contributed by atoms with van der Waals surface area (Å²) in [6.45, 7) is 4.16. The predicted molar refractivity (Wildman–Crippen MR) is 111 cm³/mol. The number of furan rings is 1. The summed E-state index contributed by atoms with van der Waals surface area (Å²) in [6, 6.07) is 3.64. The van der Waals surface area contributed by atoms with E-state index in [9.17, 15) is 9.59 Å². The van der Waals surface area contributed by atoms with Crippen molar-refractivity contribution in [2.75, 3.05) is 13.1 Å². The third-order valence-electron chi connectivity index (χ3n) is 5.88. The molecular weight excluding hydrogens is 388 g/mol. The smallest absolute Gasteiger partial charge is 0.287 e. The SMILES string of the molecule is Cc1ccc(C(=O)NC2CCN(Cc3nc4sc5c(c4c(=O)[nH]3)CCC5)CC2)o1. The number of fused-ring (bicyclic) bond motifs is 3. The second kappa shape index (κ2) is 7.42. The van der Waals surface area contributed by atoms with Crippen molar-refractivity contribution >= 4 is 27.5 Å². The first-order chi connectivity index (χ1) is 14.1. The fraction of sp³-hybridized carbons (Fsp3) is 0.476. The minimum atomic E-state index is -0.154. The largest absolute Gasteiger partial charge is 0.456 e. The third kappa shape index (κ3) is 3.62. The minimum absolute atomic E-state index is 0.000269. The number of carbonyl (C=O) groups is 1. The summed E-state index contributed by atoms with van der Waals surface area (Å²) in [4.78, 5) is 37.1. The number of amides is 1. The maximum Gasteiger partial charge on any atom is 0.287 e. The van der Waals surface area contributed by atoms with Crippen LogP contribution >= 0.6 is 11.3 Å². The molecule has 3 aromatic heterocycles. The van der Waals surface area contributed by atoms with Crippen LogP contribution in [0.15, 0.2) is 21.3 Å². The lowest BCUT2D eigenvalue weighted by atomic mass is 10.0. The number of H-pyrrole nitrogens is 1. The van der Waals surface area contributed by atoms with Crippen LogP contribution in [0.3, 0.4) is 0 Å². The van der Waals surface area contributed by atoms with Crippen LogP contribution in [0.4, 0.5) is 0 Å². The van der Waals surface area contributed by atoms with E-state index in [1.54, 1.807) is 23.5 Å². The average molecular weight is 413 g/mol. The average Bonchev–Trinajstić information content (AvgIpc) is 3.39. The Morgan fingerprint density at radius 1 is 1.34 bits per heavy atom. The van der Waals surface area contributed by atoms with Crippen molar-refractivity contribution in [1.82, 2.24) is 20.2 Å². The van der Waals surface area contributed by atoms with Crippen LogP contribution in [0, 0.1) is 6.92 Å². The third-order valence-corrected chi connectivity index (χ3v) is 7.07. The van der Waals surface area contributed by atoms with Gasteiger partial charge >= 0.3 is 0 Å². The quantitative estimate of drug-likeness (QED) is 0.688. The first-order valence-electron chi connectivity index (χ1n) is 10.2. The van der Waals surface area contributed by atoms with Gasteiger partial charge < -0.3 is 14.7 Å². The number of nitrogens with one attached hydrogen (secondary N) is 2. The van der Waals surface area contributed by atoms with Gasteiger partial charge in [-0.2, -0.15) is 0 Å². The Hall–Kier alpha value is -2.45. The molecule has 4 heterocycles. The van der Waals surface area contributed by atoms with Crippen molar-refractivity contribution < 1.29 is 9.21 Å². The molecule has 0 bridgehead atoms. The molecule has 152 valence electrons. The summed E-state index contributed by atoms with van der Waals surface area (Å²) in [5.41, 5.74) is 1.22. The van der Waals surface area contributed by atoms with Crippen molar-refractivity contribution in [2.45, 2.75) is 51.6 Å². The molecule has 1 aliphatic heterocycles. The molecule has 0 radical (unpaired) electrons. The molecule has 0 unspecified atom stereocenters. The minimum Gasteiger partial charge on any atom is -0.456 e. The fourth-order valence-corrected chi connectivity index (χ4v) is 5.66. The van der Waals surface area contributed by atoms with Crippen molar-refractivity contribution in [3.63, 3.8) is 0 Å². The Balaban J connectivity index is 1.21. The number of carbonyl (C=O) groups excluding carboxylic acids is 1. The van der Waals surface area contributed by atoms with Gasteiger partial charge in [-0.15, -0.1) is 11.3 Å². The molecule has 1 amide bonds. The van der Waals surface area contributed by atoms with E-state index in [4.69, 9.17) is 9.40 Å². The van der Waals surface area contributed by atoms with E-state index in [0.29, 0.717) is 12.3 Å². The van der Waals surface area contributed by atoms with Crippen LogP contribution in [-0.4, -0.2) is 39.9 Å². The van der Waals surface area contributed by atoms with E-state index in [-0.39, 0.29) is 17.5 Å². The lowest BCUT2D eigenvalue weighted by Gasteiger charge is -2.31. The first kappa shape index (κ1) is 18.6. The van der Waals surface area contributed by atoms with Crippen LogP contribution in [0.25, 0.3) is 10.2 Å². The van der Waals surface area contributed by atoms with Gasteiger partial charge in [-0.1, -0.05) is 0 Å². The number of rotatable bonds is 4. The zero-order chi connectivity index (χ0) is 20.0. The predicted octanol–water partition coefficient (Wildman–Crippen LogP) is 2.77. The van der Waals surface area contributed by atoms with E-state index in [1.165, 1.54) is 10.4 Å². The molecule has 0 atom stereocenters. The number of hydrogen-bond donors (Lipinski definition) is 2. The Labute approximate surface area is 172 Å². The van der Waals surface area contributed by atoms with Crippen LogP contribution in [0.1, 0.15) is 51.8 Å². The van der Waals surface area contributed by atoms with Gasteiger partial charge in [0.1, 0.15) is 16.4 Å². The van der Waals surface area contributed by atoms with Crippen LogP contribution in [0.2, 0.25) is 0 Å². The van der Waals surface area contributed by atoms with Gasteiger partial charge in [0.15, 0.2) is 5.76 Å². The number of aromatic amines is 1. The maximum atomic E-state index is 12.6. The summed E-state index contributed by atoms with van der Waals surface area (Å²) in [6.07, 6.45) is 4.94. The summed E-state index contributed by atoms with van der Waals surface area (Å²) >= 11 is 1.68. The van der Waals surface area contributed by atoms with Gasteiger partial charge in [0, 0.05) is 24.0 Å². The normalized spacial score (nSPS) is 17.7. The van der Waals surface area contributed by atoms with Crippen molar-refractivity contribution in [2.24, 2.45) is 0 Å². The lowest BCUT2D eigenvalue weighted by Crippen LogP contribution is -2.44. The molecule has 0 spiro atoms. The Morgan fingerprint density at radius 2 is 2.17 bits per heavy atom. The standard InChI is InChI=1S/C21H24N4O3S/c1-12-5-6-15(28-12)19(26)22-13-7-9-25(10-8-13)11-17-23-20(27)18-14-3-2-4-16(14)29-21(18)24-17/h5-6,13H,2-4,7-11H2,1H3,(H,22,26)(H,23,24,27). The zero-order valence-corrected chi connectivity index (χ0v) is 17.2. The molecule has 1 fully saturated rings. The van der Waals surface area contributed by atoms with E-state index in [1.807, 2.05) is 6.92 Å².